The van der Waals surface area contributed by atoms with E-state index in [0.29, 0.717) is 25.3 Å². The Morgan fingerprint density at radius 1 is 1.46 bits per heavy atom. The molecule has 1 aliphatic rings. The van der Waals surface area contributed by atoms with Gasteiger partial charge in [-0.1, -0.05) is 12.1 Å². The number of carbonyl (C=O) groups excluding carboxylic acids is 1. The van der Waals surface area contributed by atoms with Crippen molar-refractivity contribution in [2.45, 2.75) is 32.3 Å². The van der Waals surface area contributed by atoms with Gasteiger partial charge in [0.05, 0.1) is 25.8 Å². The van der Waals surface area contributed by atoms with Crippen molar-refractivity contribution in [2.24, 2.45) is 0 Å². The van der Waals surface area contributed by atoms with Crippen molar-refractivity contribution in [3.63, 3.8) is 0 Å². The number of amides is 1. The molecule has 0 spiro atoms. The summed E-state index contributed by atoms with van der Waals surface area (Å²) in [5.41, 5.74) is 1.61. The van der Waals surface area contributed by atoms with Gasteiger partial charge in [-0.15, -0.1) is 0 Å². The van der Waals surface area contributed by atoms with Crippen LogP contribution in [-0.2, 0) is 10.4 Å². The Morgan fingerprint density at radius 2 is 2.29 bits per heavy atom. The zero-order valence-corrected chi connectivity index (χ0v) is 14.0. The first-order chi connectivity index (χ1) is 11.5. The Bertz CT molecular complexity index is 717. The number of hydrogen-bond acceptors (Lipinski definition) is 5. The van der Waals surface area contributed by atoms with Crippen LogP contribution in [0.3, 0.4) is 0 Å². The number of aromatic nitrogens is 3. The van der Waals surface area contributed by atoms with Gasteiger partial charge < -0.3 is 14.7 Å². The van der Waals surface area contributed by atoms with Crippen LogP contribution < -0.4 is 4.74 Å². The smallest absolute Gasteiger partial charge is 0.226 e. The van der Waals surface area contributed by atoms with E-state index in [4.69, 9.17) is 4.74 Å². The van der Waals surface area contributed by atoms with Crippen molar-refractivity contribution in [1.29, 1.82) is 0 Å². The van der Waals surface area contributed by atoms with Crippen LogP contribution in [0.15, 0.2) is 24.4 Å². The SMILES string of the molecule is Cc1cccc(OCCC(=O)N2CCC(O)(c3cn[nH]n3)C2)c1C. The molecule has 2 aromatic rings. The molecule has 1 fully saturated rings. The van der Waals surface area contributed by atoms with Crippen LogP contribution in [0.4, 0.5) is 0 Å². The molecule has 1 amide bonds. The van der Waals surface area contributed by atoms with Crippen molar-refractivity contribution in [2.75, 3.05) is 19.7 Å². The number of hydrogen-bond donors (Lipinski definition) is 2. The maximum absolute atomic E-state index is 12.3. The highest BCUT2D eigenvalue weighted by Gasteiger charge is 2.41. The summed E-state index contributed by atoms with van der Waals surface area (Å²) in [5, 5.41) is 20.7. The first kappa shape index (κ1) is 16.4. The Balaban J connectivity index is 1.52. The maximum Gasteiger partial charge on any atom is 0.226 e. The van der Waals surface area contributed by atoms with Crippen molar-refractivity contribution in [3.05, 3.63) is 41.2 Å². The minimum atomic E-state index is -1.11. The number of likely N-dealkylation sites (tertiary alicyclic amines) is 1. The fraction of sp³-hybridized carbons (Fsp3) is 0.471. The van der Waals surface area contributed by atoms with E-state index in [1.54, 1.807) is 4.90 Å². The minimum Gasteiger partial charge on any atom is -0.493 e. The zero-order valence-electron chi connectivity index (χ0n) is 14.0. The summed E-state index contributed by atoms with van der Waals surface area (Å²) >= 11 is 0. The Hall–Kier alpha value is -2.41. The summed E-state index contributed by atoms with van der Waals surface area (Å²) in [6.45, 7) is 5.10. The Labute approximate surface area is 140 Å². The maximum atomic E-state index is 12.3. The molecule has 2 N–H and O–H groups in total. The number of aromatic amines is 1. The number of nitrogens with zero attached hydrogens (tertiary/aromatic N) is 3. The highest BCUT2D eigenvalue weighted by Crippen LogP contribution is 2.30. The molecule has 1 unspecified atom stereocenters. The van der Waals surface area contributed by atoms with Crippen LogP contribution in [0.5, 0.6) is 5.75 Å². The number of benzene rings is 1. The molecule has 1 aliphatic heterocycles. The van der Waals surface area contributed by atoms with Gasteiger partial charge in [-0.2, -0.15) is 15.4 Å². The summed E-state index contributed by atoms with van der Waals surface area (Å²) in [5.74, 6) is 0.781. The number of nitrogens with one attached hydrogen (secondary N) is 1. The van der Waals surface area contributed by atoms with Gasteiger partial charge in [-0.3, -0.25) is 4.79 Å². The second kappa shape index (κ2) is 6.60. The third-order valence-corrected chi connectivity index (χ3v) is 4.62. The number of rotatable bonds is 5. The average Bonchev–Trinajstić information content (AvgIpc) is 3.22. The molecule has 0 radical (unpaired) electrons. The van der Waals surface area contributed by atoms with Gasteiger partial charge in [-0.05, 0) is 31.0 Å². The van der Waals surface area contributed by atoms with Crippen molar-refractivity contribution in [3.8, 4) is 5.75 Å². The van der Waals surface area contributed by atoms with Crippen molar-refractivity contribution in [1.82, 2.24) is 20.3 Å². The lowest BCUT2D eigenvalue weighted by molar-refractivity contribution is -0.131. The lowest BCUT2D eigenvalue weighted by Crippen LogP contribution is -2.35. The highest BCUT2D eigenvalue weighted by atomic mass is 16.5. The van der Waals surface area contributed by atoms with E-state index in [9.17, 15) is 9.90 Å². The summed E-state index contributed by atoms with van der Waals surface area (Å²) in [7, 11) is 0. The van der Waals surface area contributed by atoms with Gasteiger partial charge in [0.25, 0.3) is 0 Å². The molecule has 7 nitrogen and oxygen atoms in total. The third-order valence-electron chi connectivity index (χ3n) is 4.62. The van der Waals surface area contributed by atoms with Gasteiger partial charge in [0.2, 0.25) is 5.91 Å². The molecule has 0 bridgehead atoms. The largest absolute Gasteiger partial charge is 0.493 e. The van der Waals surface area contributed by atoms with Crippen LogP contribution >= 0.6 is 0 Å². The minimum absolute atomic E-state index is 0.0280. The van der Waals surface area contributed by atoms with Gasteiger partial charge in [0.15, 0.2) is 0 Å². The normalized spacial score (nSPS) is 20.4. The average molecular weight is 330 g/mol. The topological polar surface area (TPSA) is 91.3 Å². The summed E-state index contributed by atoms with van der Waals surface area (Å²) < 4.78 is 5.73. The molecular weight excluding hydrogens is 308 g/mol. The molecule has 7 heteroatoms. The molecule has 0 saturated carbocycles. The molecule has 1 atom stereocenters. The van der Waals surface area contributed by atoms with E-state index in [1.807, 2.05) is 32.0 Å². The molecule has 1 saturated heterocycles. The molecule has 0 aliphatic carbocycles. The first-order valence-corrected chi connectivity index (χ1v) is 8.05. The third kappa shape index (κ3) is 3.26. The standard InChI is InChI=1S/C17H22N4O3/c1-12-4-3-5-14(13(12)2)24-9-6-16(22)21-8-7-17(23,11-21)15-10-18-20-19-15/h3-5,10,23H,6-9,11H2,1-2H3,(H,18,19,20). The molecule has 1 aromatic carbocycles. The van der Waals surface area contributed by atoms with E-state index in [2.05, 4.69) is 15.4 Å². The Morgan fingerprint density at radius 3 is 3.04 bits per heavy atom. The van der Waals surface area contributed by atoms with Gasteiger partial charge in [0, 0.05) is 13.0 Å². The monoisotopic (exact) mass is 330 g/mol. The molecule has 128 valence electrons. The summed E-state index contributed by atoms with van der Waals surface area (Å²) in [4.78, 5) is 14.0. The number of aryl methyl sites for hydroxylation is 1. The second-order valence-corrected chi connectivity index (χ2v) is 6.25. The summed E-state index contributed by atoms with van der Waals surface area (Å²) in [6.07, 6.45) is 2.24. The number of H-pyrrole nitrogens is 1. The van der Waals surface area contributed by atoms with Crippen LogP contribution in [0, 0.1) is 13.8 Å². The van der Waals surface area contributed by atoms with Gasteiger partial charge in [0.1, 0.15) is 17.0 Å². The predicted octanol–water partition coefficient (Wildman–Crippen LogP) is 1.31. The van der Waals surface area contributed by atoms with Gasteiger partial charge >= 0.3 is 0 Å². The van der Waals surface area contributed by atoms with E-state index in [-0.39, 0.29) is 18.9 Å². The fourth-order valence-corrected chi connectivity index (χ4v) is 2.93. The van der Waals surface area contributed by atoms with E-state index < -0.39 is 5.60 Å². The molecule has 3 rings (SSSR count). The second-order valence-electron chi connectivity index (χ2n) is 6.25. The summed E-state index contributed by atoms with van der Waals surface area (Å²) in [6, 6.07) is 5.88. The number of β-amino-alcohol motifs (C(OH)–C–C–N with tert-alkyl or cyclic N) is 1. The number of ether oxygens (including phenoxy) is 1. The van der Waals surface area contributed by atoms with Crippen LogP contribution in [0.25, 0.3) is 0 Å². The van der Waals surface area contributed by atoms with E-state index in [1.165, 1.54) is 6.20 Å². The van der Waals surface area contributed by atoms with Crippen LogP contribution in [-0.4, -0.2) is 51.0 Å². The number of aliphatic hydroxyl groups is 1. The Kier molecular flexibility index (Phi) is 4.53. The van der Waals surface area contributed by atoms with Gasteiger partial charge in [-0.25, -0.2) is 0 Å². The molecule has 2 heterocycles. The van der Waals surface area contributed by atoms with Crippen LogP contribution in [0.1, 0.15) is 29.7 Å². The van der Waals surface area contributed by atoms with Crippen molar-refractivity contribution >= 4 is 5.91 Å². The lowest BCUT2D eigenvalue weighted by atomic mass is 10.00. The van der Waals surface area contributed by atoms with E-state index in [0.717, 1.165) is 16.9 Å². The predicted molar refractivity (Wildman–Crippen MR) is 87.5 cm³/mol. The quantitative estimate of drug-likeness (QED) is 0.862. The van der Waals surface area contributed by atoms with E-state index >= 15 is 0 Å². The number of carbonyl (C=O) groups is 1. The zero-order chi connectivity index (χ0) is 17.2. The molecule has 24 heavy (non-hydrogen) atoms. The molecule has 1 aromatic heterocycles. The fourth-order valence-electron chi connectivity index (χ4n) is 2.93. The highest BCUT2D eigenvalue weighted by molar-refractivity contribution is 5.76. The van der Waals surface area contributed by atoms with Crippen molar-refractivity contribution < 1.29 is 14.6 Å². The molecular formula is C17H22N4O3. The van der Waals surface area contributed by atoms with Crippen LogP contribution in [0.2, 0.25) is 0 Å². The first-order valence-electron chi connectivity index (χ1n) is 8.05. The lowest BCUT2D eigenvalue weighted by Gasteiger charge is -2.21.